The second-order valence-corrected chi connectivity index (χ2v) is 8.74. The molecular weight excluding hydrogens is 529 g/mol. The van der Waals surface area contributed by atoms with E-state index in [-0.39, 0.29) is 18.1 Å². The molecule has 1 N–H and O–H groups in total. The molecule has 38 heavy (non-hydrogen) atoms. The average molecular weight is 555 g/mol. The molecule has 1 aromatic heterocycles. The highest BCUT2D eigenvalue weighted by atomic mass is 35.5. The highest BCUT2D eigenvalue weighted by Gasteiger charge is 2.31. The lowest BCUT2D eigenvalue weighted by Crippen LogP contribution is -2.38. The highest BCUT2D eigenvalue weighted by Crippen LogP contribution is 2.36. The number of hydrogen-bond acceptors (Lipinski definition) is 7. The SMILES string of the molecule is Cn1ncc(Cl)c1-c1cc(NC(=O)COc2ccc(OC(F)(F)F)cc2)ccc1OCCN1CCOCC1. The number of nitrogens with one attached hydrogen (secondary N) is 1. The number of hydrogen-bond donors (Lipinski definition) is 1. The van der Waals surface area contributed by atoms with Crippen molar-refractivity contribution < 1.29 is 36.9 Å². The molecule has 4 rings (SSSR count). The third-order valence-corrected chi connectivity index (χ3v) is 5.89. The zero-order chi connectivity index (χ0) is 27.1. The van der Waals surface area contributed by atoms with Crippen LogP contribution < -0.4 is 19.5 Å². The summed E-state index contributed by atoms with van der Waals surface area (Å²) in [5.41, 5.74) is 1.75. The molecule has 1 aliphatic heterocycles. The first kappa shape index (κ1) is 27.6. The molecule has 2 aromatic carbocycles. The number of aryl methyl sites for hydroxylation is 1. The van der Waals surface area contributed by atoms with Crippen molar-refractivity contribution in [3.63, 3.8) is 0 Å². The Kier molecular flexibility index (Phi) is 8.97. The van der Waals surface area contributed by atoms with Gasteiger partial charge in [-0.25, -0.2) is 0 Å². The quantitative estimate of drug-likeness (QED) is 0.398. The molecule has 0 aliphatic carbocycles. The summed E-state index contributed by atoms with van der Waals surface area (Å²) in [6, 6.07) is 9.92. The van der Waals surface area contributed by atoms with Crippen LogP contribution in [0.4, 0.5) is 18.9 Å². The second-order valence-electron chi connectivity index (χ2n) is 8.33. The number of nitrogens with zero attached hydrogens (tertiary/aromatic N) is 3. The Hall–Kier alpha value is -3.48. The topological polar surface area (TPSA) is 87.1 Å². The van der Waals surface area contributed by atoms with Crippen LogP contribution in [0.3, 0.4) is 0 Å². The van der Waals surface area contributed by atoms with Gasteiger partial charge in [0.2, 0.25) is 0 Å². The van der Waals surface area contributed by atoms with Gasteiger partial charge in [-0.05, 0) is 42.5 Å². The minimum atomic E-state index is -4.79. The van der Waals surface area contributed by atoms with Crippen LogP contribution in [0.25, 0.3) is 11.3 Å². The van der Waals surface area contributed by atoms with Crippen LogP contribution in [0.15, 0.2) is 48.7 Å². The van der Waals surface area contributed by atoms with Crippen LogP contribution in [0, 0.1) is 0 Å². The molecule has 0 spiro atoms. The maximum Gasteiger partial charge on any atom is 0.573 e. The second kappa shape index (κ2) is 12.4. The molecule has 1 fully saturated rings. The monoisotopic (exact) mass is 554 g/mol. The molecular formula is C25H26ClF3N4O5. The van der Waals surface area contributed by atoms with E-state index in [0.717, 1.165) is 31.8 Å². The first-order chi connectivity index (χ1) is 18.2. The Bertz CT molecular complexity index is 1210. The standard InChI is InChI=1S/C25H26ClF3N4O5/c1-32-24(21(26)15-30-32)20-14-17(2-7-22(20)36-13-10-33-8-11-35-12-9-33)31-23(34)16-37-18-3-5-19(6-4-18)38-25(27,28)29/h2-7,14-15H,8-13,16H2,1H3,(H,31,34). The number of anilines is 1. The maximum absolute atomic E-state index is 12.5. The molecule has 0 radical (unpaired) electrons. The Morgan fingerprint density at radius 2 is 1.82 bits per heavy atom. The van der Waals surface area contributed by atoms with Crippen molar-refractivity contribution in [3.05, 3.63) is 53.7 Å². The van der Waals surface area contributed by atoms with Crippen LogP contribution in [0.1, 0.15) is 0 Å². The number of halogens is 4. The Morgan fingerprint density at radius 3 is 2.47 bits per heavy atom. The van der Waals surface area contributed by atoms with E-state index in [4.69, 9.17) is 25.8 Å². The first-order valence-electron chi connectivity index (χ1n) is 11.7. The van der Waals surface area contributed by atoms with Gasteiger partial charge in [-0.2, -0.15) is 5.10 Å². The Balaban J connectivity index is 1.39. The van der Waals surface area contributed by atoms with E-state index in [0.29, 0.717) is 47.5 Å². The van der Waals surface area contributed by atoms with Crippen LogP contribution in [-0.2, 0) is 16.6 Å². The Labute approximate surface area is 222 Å². The van der Waals surface area contributed by atoms with E-state index in [2.05, 4.69) is 20.1 Å². The fourth-order valence-corrected chi connectivity index (χ4v) is 4.09. The summed E-state index contributed by atoms with van der Waals surface area (Å²) in [5, 5.41) is 7.36. The lowest BCUT2D eigenvalue weighted by atomic mass is 10.1. The number of aromatic nitrogens is 2. The molecule has 0 unspecified atom stereocenters. The van der Waals surface area contributed by atoms with E-state index in [1.807, 2.05) is 0 Å². The van der Waals surface area contributed by atoms with Gasteiger partial charge >= 0.3 is 6.36 Å². The molecule has 9 nitrogen and oxygen atoms in total. The molecule has 2 heterocycles. The van der Waals surface area contributed by atoms with E-state index in [9.17, 15) is 18.0 Å². The number of amides is 1. The summed E-state index contributed by atoms with van der Waals surface area (Å²) >= 11 is 6.39. The molecule has 0 atom stereocenters. The van der Waals surface area contributed by atoms with Gasteiger partial charge in [-0.1, -0.05) is 11.6 Å². The Morgan fingerprint density at radius 1 is 1.11 bits per heavy atom. The number of ether oxygens (including phenoxy) is 4. The fraction of sp³-hybridized carbons (Fsp3) is 0.360. The summed E-state index contributed by atoms with van der Waals surface area (Å²) in [7, 11) is 1.75. The van der Waals surface area contributed by atoms with Crippen molar-refractivity contribution in [1.29, 1.82) is 0 Å². The molecule has 0 saturated carbocycles. The number of rotatable bonds is 10. The van der Waals surface area contributed by atoms with E-state index in [1.165, 1.54) is 18.3 Å². The van der Waals surface area contributed by atoms with E-state index in [1.54, 1.807) is 29.9 Å². The molecule has 204 valence electrons. The summed E-state index contributed by atoms with van der Waals surface area (Å²) in [5.74, 6) is -0.0632. The fourth-order valence-electron chi connectivity index (χ4n) is 3.83. The number of carbonyl (C=O) groups excluding carboxylic acids is 1. The van der Waals surface area contributed by atoms with Gasteiger partial charge in [0.05, 0.1) is 30.1 Å². The van der Waals surface area contributed by atoms with Gasteiger partial charge in [-0.15, -0.1) is 13.2 Å². The highest BCUT2D eigenvalue weighted by molar-refractivity contribution is 6.33. The smallest absolute Gasteiger partial charge is 0.492 e. The molecule has 1 amide bonds. The minimum Gasteiger partial charge on any atom is -0.492 e. The zero-order valence-corrected chi connectivity index (χ0v) is 21.2. The van der Waals surface area contributed by atoms with Gasteiger partial charge in [0.1, 0.15) is 23.9 Å². The van der Waals surface area contributed by atoms with Crippen molar-refractivity contribution in [1.82, 2.24) is 14.7 Å². The normalized spacial score (nSPS) is 14.2. The summed E-state index contributed by atoms with van der Waals surface area (Å²) < 4.78 is 59.2. The van der Waals surface area contributed by atoms with Gasteiger partial charge in [0.15, 0.2) is 6.61 Å². The predicted octanol–water partition coefficient (Wildman–Crippen LogP) is 4.37. The van der Waals surface area contributed by atoms with E-state index < -0.39 is 12.3 Å². The first-order valence-corrected chi connectivity index (χ1v) is 12.1. The molecule has 3 aromatic rings. The van der Waals surface area contributed by atoms with Gasteiger partial charge in [-0.3, -0.25) is 14.4 Å². The van der Waals surface area contributed by atoms with Crippen LogP contribution in [0.2, 0.25) is 5.02 Å². The summed E-state index contributed by atoms with van der Waals surface area (Å²) in [6.45, 7) is 3.93. The lowest BCUT2D eigenvalue weighted by molar-refractivity contribution is -0.274. The van der Waals surface area contributed by atoms with Crippen molar-refractivity contribution in [2.75, 3.05) is 51.4 Å². The average Bonchev–Trinajstić information content (AvgIpc) is 3.21. The lowest BCUT2D eigenvalue weighted by Gasteiger charge is -2.26. The summed E-state index contributed by atoms with van der Waals surface area (Å²) in [6.07, 6.45) is -3.26. The number of carbonyl (C=O) groups is 1. The van der Waals surface area contributed by atoms with Gasteiger partial charge in [0, 0.05) is 37.9 Å². The number of morpholine rings is 1. The van der Waals surface area contributed by atoms with Crippen molar-refractivity contribution in [2.45, 2.75) is 6.36 Å². The third-order valence-electron chi connectivity index (χ3n) is 5.61. The van der Waals surface area contributed by atoms with Gasteiger partial charge in [0.25, 0.3) is 5.91 Å². The van der Waals surface area contributed by atoms with Crippen molar-refractivity contribution >= 4 is 23.2 Å². The van der Waals surface area contributed by atoms with E-state index >= 15 is 0 Å². The van der Waals surface area contributed by atoms with Crippen LogP contribution >= 0.6 is 11.6 Å². The van der Waals surface area contributed by atoms with Crippen LogP contribution in [0.5, 0.6) is 17.2 Å². The number of alkyl halides is 3. The minimum absolute atomic E-state index is 0.209. The molecule has 1 aliphatic rings. The maximum atomic E-state index is 12.5. The molecule has 0 bridgehead atoms. The van der Waals surface area contributed by atoms with Gasteiger partial charge < -0.3 is 24.3 Å². The largest absolute Gasteiger partial charge is 0.573 e. The predicted molar refractivity (Wildman–Crippen MR) is 134 cm³/mol. The van der Waals surface area contributed by atoms with Crippen molar-refractivity contribution in [3.8, 4) is 28.5 Å². The number of benzene rings is 2. The van der Waals surface area contributed by atoms with Crippen LogP contribution in [-0.4, -0.2) is 73.0 Å². The van der Waals surface area contributed by atoms with Crippen molar-refractivity contribution in [2.24, 2.45) is 7.05 Å². The zero-order valence-electron chi connectivity index (χ0n) is 20.5. The third kappa shape index (κ3) is 7.76. The summed E-state index contributed by atoms with van der Waals surface area (Å²) in [4.78, 5) is 14.8. The molecule has 1 saturated heterocycles. The molecule has 13 heteroatoms.